The Bertz CT molecular complexity index is 1030. The number of alkyl halides is 3. The number of fused-ring (bicyclic) bond motifs is 1. The van der Waals surface area contributed by atoms with E-state index in [0.29, 0.717) is 4.90 Å². The summed E-state index contributed by atoms with van der Waals surface area (Å²) in [5.41, 5.74) is -1.09. The molecule has 0 saturated carbocycles. The summed E-state index contributed by atoms with van der Waals surface area (Å²) in [5.74, 6) is 0. The van der Waals surface area contributed by atoms with Crippen LogP contribution in [0.4, 0.5) is 13.2 Å². The lowest BCUT2D eigenvalue weighted by atomic mass is 10.2. The molecule has 0 fully saturated rings. The number of sulfone groups is 1. The third-order valence-electron chi connectivity index (χ3n) is 3.98. The van der Waals surface area contributed by atoms with Gasteiger partial charge in [0.15, 0.2) is 19.4 Å². The maximum absolute atomic E-state index is 13.5. The van der Waals surface area contributed by atoms with Crippen LogP contribution in [0.5, 0.6) is 0 Å². The minimum atomic E-state index is -4.74. The fraction of sp³-hybridized carbons (Fsp3) is 0.222. The Hall–Kier alpha value is -1.86. The smallest absolute Gasteiger partial charge is 0.223 e. The Morgan fingerprint density at radius 3 is 2.32 bits per heavy atom. The molecule has 0 radical (unpaired) electrons. The van der Waals surface area contributed by atoms with E-state index >= 15 is 0 Å². The zero-order valence-corrected chi connectivity index (χ0v) is 15.2. The first-order chi connectivity index (χ1) is 11.6. The molecule has 7 heteroatoms. The van der Waals surface area contributed by atoms with E-state index < -0.39 is 42.2 Å². The van der Waals surface area contributed by atoms with Crippen molar-refractivity contribution < 1.29 is 21.6 Å². The maximum Gasteiger partial charge on any atom is 0.417 e. The second-order valence-electron chi connectivity index (χ2n) is 5.93. The topological polar surface area (TPSA) is 34.1 Å². The molecule has 0 N–H and O–H groups in total. The molecule has 0 aliphatic heterocycles. The third-order valence-corrected chi connectivity index (χ3v) is 8.20. The summed E-state index contributed by atoms with van der Waals surface area (Å²) in [4.78, 5) is -0.199. The highest BCUT2D eigenvalue weighted by molar-refractivity contribution is 7.92. The highest BCUT2D eigenvalue weighted by Crippen LogP contribution is 2.44. The van der Waals surface area contributed by atoms with Crippen LogP contribution in [0.25, 0.3) is 15.0 Å². The molecular weight excluding hydrogens is 369 g/mol. The maximum atomic E-state index is 13.5. The van der Waals surface area contributed by atoms with Crippen molar-refractivity contribution in [1.82, 2.24) is 0 Å². The molecule has 0 amide bonds. The minimum Gasteiger partial charge on any atom is -0.223 e. The number of hydrogen-bond acceptors (Lipinski definition) is 2. The Kier molecular flexibility index (Phi) is 4.41. The van der Waals surface area contributed by atoms with Gasteiger partial charge in [-0.05, 0) is 38.1 Å². The van der Waals surface area contributed by atoms with Gasteiger partial charge >= 0.3 is 6.18 Å². The van der Waals surface area contributed by atoms with Gasteiger partial charge in [-0.1, -0.05) is 12.1 Å². The molecule has 1 atom stereocenters. The monoisotopic (exact) mass is 385 g/mol. The average Bonchev–Trinajstić information content (AvgIpc) is 2.97. The van der Waals surface area contributed by atoms with E-state index in [1.807, 2.05) is 35.7 Å². The summed E-state index contributed by atoms with van der Waals surface area (Å²) in [7, 11) is -4.66. The van der Waals surface area contributed by atoms with E-state index in [1.165, 1.54) is 19.9 Å². The van der Waals surface area contributed by atoms with Crippen LogP contribution in [0.1, 0.15) is 19.4 Å². The molecular formula is C18H16F3O2S2+. The van der Waals surface area contributed by atoms with Gasteiger partial charge in [0.1, 0.15) is 5.38 Å². The fourth-order valence-corrected chi connectivity index (χ4v) is 5.77. The first-order valence-corrected chi connectivity index (χ1v) is 10.4. The van der Waals surface area contributed by atoms with Crippen LogP contribution < -0.4 is 0 Å². The van der Waals surface area contributed by atoms with Crippen LogP contribution in [0.15, 0.2) is 58.8 Å². The Balaban J connectivity index is 2.26. The number of rotatable bonds is 3. The van der Waals surface area contributed by atoms with Gasteiger partial charge in [-0.2, -0.15) is 13.2 Å². The van der Waals surface area contributed by atoms with Crippen LogP contribution >= 0.6 is 10.5 Å². The molecule has 0 spiro atoms. The third kappa shape index (κ3) is 3.18. The van der Waals surface area contributed by atoms with Crippen LogP contribution in [-0.2, 0) is 16.0 Å². The van der Waals surface area contributed by atoms with Gasteiger partial charge < -0.3 is 0 Å². The minimum absolute atomic E-state index is 0.455. The van der Waals surface area contributed by atoms with E-state index in [2.05, 4.69) is 0 Å². The number of thiophene rings is 1. The molecule has 132 valence electrons. The van der Waals surface area contributed by atoms with Crippen molar-refractivity contribution in [1.29, 1.82) is 0 Å². The van der Waals surface area contributed by atoms with Crippen LogP contribution in [0, 0.1) is 0 Å². The lowest BCUT2D eigenvalue weighted by Crippen LogP contribution is -2.19. The molecule has 0 bridgehead atoms. The van der Waals surface area contributed by atoms with Crippen molar-refractivity contribution in [2.75, 3.05) is 0 Å². The second kappa shape index (κ2) is 6.14. The van der Waals surface area contributed by atoms with Crippen molar-refractivity contribution in [2.45, 2.75) is 30.2 Å². The predicted molar refractivity (Wildman–Crippen MR) is 95.1 cm³/mol. The summed E-state index contributed by atoms with van der Waals surface area (Å²) in [6, 6.07) is 12.9. The Morgan fingerprint density at radius 1 is 1.00 bits per heavy atom. The molecule has 2 nitrogen and oxygen atoms in total. The molecule has 3 aromatic rings. The highest BCUT2D eigenvalue weighted by Gasteiger charge is 2.39. The highest BCUT2D eigenvalue weighted by atomic mass is 32.2. The van der Waals surface area contributed by atoms with Crippen molar-refractivity contribution in [3.8, 4) is 4.90 Å². The predicted octanol–water partition coefficient (Wildman–Crippen LogP) is 5.78. The van der Waals surface area contributed by atoms with Gasteiger partial charge in [-0.3, -0.25) is 0 Å². The van der Waals surface area contributed by atoms with E-state index in [0.717, 1.165) is 22.2 Å². The van der Waals surface area contributed by atoms with Gasteiger partial charge in [0, 0.05) is 28.0 Å². The molecule has 0 aliphatic rings. The average molecular weight is 385 g/mol. The van der Waals surface area contributed by atoms with E-state index in [-0.39, 0.29) is 0 Å². The summed E-state index contributed by atoms with van der Waals surface area (Å²) in [6.07, 6.45) is -4.74. The molecule has 1 heterocycles. The lowest BCUT2D eigenvalue weighted by Gasteiger charge is -2.15. The number of benzene rings is 2. The van der Waals surface area contributed by atoms with Gasteiger partial charge in [0.2, 0.25) is 0 Å². The van der Waals surface area contributed by atoms with Crippen LogP contribution in [0.2, 0.25) is 0 Å². The number of hydrogen-bond donors (Lipinski definition) is 0. The van der Waals surface area contributed by atoms with E-state index in [9.17, 15) is 21.6 Å². The fourth-order valence-electron chi connectivity index (χ4n) is 2.61. The van der Waals surface area contributed by atoms with Gasteiger partial charge in [0.05, 0.1) is 15.7 Å². The van der Waals surface area contributed by atoms with Gasteiger partial charge in [0.25, 0.3) is 0 Å². The van der Waals surface area contributed by atoms with Crippen LogP contribution in [-0.4, -0.2) is 13.7 Å². The van der Waals surface area contributed by atoms with Crippen LogP contribution in [0.3, 0.4) is 0 Å². The first-order valence-electron chi connectivity index (χ1n) is 7.58. The summed E-state index contributed by atoms with van der Waals surface area (Å²) < 4.78 is 66.2. The molecule has 2 aromatic carbocycles. The van der Waals surface area contributed by atoms with Crippen molar-refractivity contribution in [3.05, 3.63) is 59.5 Å². The first kappa shape index (κ1) is 17.9. The Morgan fingerprint density at radius 2 is 1.68 bits per heavy atom. The van der Waals surface area contributed by atoms with E-state index in [4.69, 9.17) is 0 Å². The SMILES string of the molecule is CC(C)S(=O)(=O)c1ccc(-[s+]2ccc3ccccc32)cc1C(F)(F)F. The summed E-state index contributed by atoms with van der Waals surface area (Å²) >= 11 is 0. The quantitative estimate of drug-likeness (QED) is 0.536. The summed E-state index contributed by atoms with van der Waals surface area (Å²) in [5, 5.41) is 1.91. The van der Waals surface area contributed by atoms with E-state index in [1.54, 1.807) is 0 Å². The van der Waals surface area contributed by atoms with Crippen molar-refractivity contribution in [2.24, 2.45) is 0 Å². The lowest BCUT2D eigenvalue weighted by molar-refractivity contribution is -0.139. The molecule has 1 unspecified atom stereocenters. The second-order valence-corrected chi connectivity index (χ2v) is 10.3. The zero-order valence-electron chi connectivity index (χ0n) is 13.5. The van der Waals surface area contributed by atoms with Gasteiger partial charge in [-0.25, -0.2) is 8.42 Å². The molecule has 25 heavy (non-hydrogen) atoms. The Labute approximate surface area is 146 Å². The normalized spacial score (nSPS) is 13.6. The molecule has 0 saturated heterocycles. The summed E-state index contributed by atoms with van der Waals surface area (Å²) in [6.45, 7) is 2.75. The molecule has 3 rings (SSSR count). The van der Waals surface area contributed by atoms with Gasteiger partial charge in [-0.15, -0.1) is 0 Å². The van der Waals surface area contributed by atoms with Crippen molar-refractivity contribution >= 4 is 30.4 Å². The number of halogens is 3. The van der Waals surface area contributed by atoms with Crippen molar-refractivity contribution in [3.63, 3.8) is 0 Å². The standard InChI is InChI=1S/C18H16F3O2S2/c1-12(2)25(22,23)17-8-7-14(11-15(17)18(19,20)21)24-10-9-13-5-3-4-6-16(13)24/h3-12H,1-2H3/q+1. The molecule has 0 aliphatic carbocycles. The molecule has 1 aromatic heterocycles. The zero-order chi connectivity index (χ0) is 18.4. The largest absolute Gasteiger partial charge is 0.417 e.